The van der Waals surface area contributed by atoms with Crippen molar-refractivity contribution in [3.8, 4) is 17.1 Å². The quantitative estimate of drug-likeness (QED) is 0.424. The average molecular weight is 519 g/mol. The van der Waals surface area contributed by atoms with Crippen LogP contribution in [0.5, 0.6) is 5.75 Å². The molecule has 0 spiro atoms. The van der Waals surface area contributed by atoms with Gasteiger partial charge in [0.1, 0.15) is 5.75 Å². The van der Waals surface area contributed by atoms with Crippen molar-refractivity contribution in [1.29, 1.82) is 0 Å². The molecule has 0 bridgehead atoms. The number of aromatic nitrogens is 2. The van der Waals surface area contributed by atoms with Crippen LogP contribution < -0.4 is 4.74 Å². The first kappa shape index (κ1) is 25.2. The van der Waals surface area contributed by atoms with Crippen LogP contribution in [0.4, 0.5) is 0 Å². The molecule has 3 aromatic rings. The van der Waals surface area contributed by atoms with Gasteiger partial charge in [0.15, 0.2) is 0 Å². The van der Waals surface area contributed by atoms with E-state index in [1.165, 1.54) is 16.3 Å². The Balaban J connectivity index is 1.41. The fraction of sp³-hybridized carbons (Fsp3) is 0.375. The van der Waals surface area contributed by atoms with E-state index in [4.69, 9.17) is 20.9 Å². The first-order chi connectivity index (χ1) is 16.8. The number of amides is 1. The first-order valence-corrected chi connectivity index (χ1v) is 13.1. The number of rotatable bonds is 9. The van der Waals surface area contributed by atoms with Crippen molar-refractivity contribution in [3.05, 3.63) is 58.9 Å². The summed E-state index contributed by atoms with van der Waals surface area (Å²) in [5, 5.41) is 4.46. The molecule has 2 aromatic carbocycles. The lowest BCUT2D eigenvalue weighted by Gasteiger charge is -2.18. The number of ether oxygens (including phenoxy) is 1. The molecule has 1 saturated heterocycles. The van der Waals surface area contributed by atoms with E-state index < -0.39 is 10.0 Å². The number of halogens is 1. The molecule has 186 valence electrons. The molecule has 1 aliphatic rings. The summed E-state index contributed by atoms with van der Waals surface area (Å²) in [6.07, 6.45) is 2.21. The molecule has 35 heavy (non-hydrogen) atoms. The van der Waals surface area contributed by atoms with Gasteiger partial charge in [-0.15, -0.1) is 0 Å². The van der Waals surface area contributed by atoms with Crippen LogP contribution in [-0.4, -0.2) is 60.9 Å². The van der Waals surface area contributed by atoms with Crippen molar-refractivity contribution < 1.29 is 22.5 Å². The van der Waals surface area contributed by atoms with Crippen LogP contribution in [0.1, 0.15) is 30.7 Å². The van der Waals surface area contributed by atoms with Crippen LogP contribution in [0.25, 0.3) is 11.4 Å². The number of benzene rings is 2. The van der Waals surface area contributed by atoms with Crippen molar-refractivity contribution in [2.45, 2.75) is 37.1 Å². The van der Waals surface area contributed by atoms with Gasteiger partial charge >= 0.3 is 0 Å². The predicted molar refractivity (Wildman–Crippen MR) is 131 cm³/mol. The molecule has 2 heterocycles. The lowest BCUT2D eigenvalue weighted by molar-refractivity contribution is -0.130. The van der Waals surface area contributed by atoms with Gasteiger partial charge in [-0.05, 0) is 55.2 Å². The maximum Gasteiger partial charge on any atom is 0.246 e. The largest absolute Gasteiger partial charge is 0.496 e. The number of carbonyl (C=O) groups excluding carboxylic acids is 1. The number of hydrogen-bond donors (Lipinski definition) is 0. The van der Waals surface area contributed by atoms with E-state index in [2.05, 4.69) is 10.1 Å². The van der Waals surface area contributed by atoms with E-state index in [0.29, 0.717) is 47.2 Å². The second-order valence-electron chi connectivity index (χ2n) is 8.33. The third kappa shape index (κ3) is 5.66. The second-order valence-corrected chi connectivity index (χ2v) is 10.7. The van der Waals surface area contributed by atoms with Gasteiger partial charge in [0.05, 0.1) is 23.6 Å². The number of nitrogens with zero attached hydrogens (tertiary/aromatic N) is 4. The highest BCUT2D eigenvalue weighted by atomic mass is 35.5. The number of sulfonamides is 1. The minimum Gasteiger partial charge on any atom is -0.496 e. The SMILES string of the molecule is COc1ccc(S(=O)(=O)N2CCCC2)cc1CCC(=O)N(C)Cc1nc(-c2ccccc2Cl)no1. The Bertz CT molecular complexity index is 1300. The van der Waals surface area contributed by atoms with E-state index in [1.54, 1.807) is 37.4 Å². The fourth-order valence-electron chi connectivity index (χ4n) is 3.98. The summed E-state index contributed by atoms with van der Waals surface area (Å²) in [4.78, 5) is 18.8. The topological polar surface area (TPSA) is 106 Å². The van der Waals surface area contributed by atoms with Gasteiger partial charge in [-0.25, -0.2) is 8.42 Å². The van der Waals surface area contributed by atoms with E-state index in [1.807, 2.05) is 12.1 Å². The van der Waals surface area contributed by atoms with Gasteiger partial charge in [0, 0.05) is 32.1 Å². The molecule has 0 aliphatic carbocycles. The Hall–Kier alpha value is -2.95. The zero-order chi connectivity index (χ0) is 25.0. The molecule has 0 N–H and O–H groups in total. The molecule has 0 saturated carbocycles. The average Bonchev–Trinajstić information content (AvgIpc) is 3.55. The highest BCUT2D eigenvalue weighted by Gasteiger charge is 2.28. The van der Waals surface area contributed by atoms with Crippen molar-refractivity contribution in [3.63, 3.8) is 0 Å². The number of methoxy groups -OCH3 is 1. The minimum absolute atomic E-state index is 0.136. The van der Waals surface area contributed by atoms with Gasteiger partial charge < -0.3 is 14.2 Å². The van der Waals surface area contributed by atoms with Crippen LogP contribution in [-0.2, 0) is 27.8 Å². The van der Waals surface area contributed by atoms with E-state index in [9.17, 15) is 13.2 Å². The van der Waals surface area contributed by atoms with Crippen LogP contribution in [0, 0.1) is 0 Å². The normalized spacial score (nSPS) is 14.3. The maximum atomic E-state index is 12.9. The summed E-state index contributed by atoms with van der Waals surface area (Å²) in [5.74, 6) is 1.03. The Morgan fingerprint density at radius 2 is 1.94 bits per heavy atom. The van der Waals surface area contributed by atoms with Crippen LogP contribution in [0.2, 0.25) is 5.02 Å². The Morgan fingerprint density at radius 1 is 1.20 bits per heavy atom. The van der Waals surface area contributed by atoms with E-state index in [-0.39, 0.29) is 29.7 Å². The lowest BCUT2D eigenvalue weighted by Crippen LogP contribution is -2.28. The number of hydrogen-bond acceptors (Lipinski definition) is 7. The lowest BCUT2D eigenvalue weighted by atomic mass is 10.1. The van der Waals surface area contributed by atoms with E-state index in [0.717, 1.165) is 12.8 Å². The zero-order valence-corrected chi connectivity index (χ0v) is 21.2. The van der Waals surface area contributed by atoms with Gasteiger partial charge in [0.25, 0.3) is 0 Å². The molecule has 1 aliphatic heterocycles. The molecular formula is C24H27ClN4O5S. The smallest absolute Gasteiger partial charge is 0.246 e. The van der Waals surface area contributed by atoms with Crippen molar-refractivity contribution in [2.75, 3.05) is 27.2 Å². The third-order valence-corrected chi connectivity index (χ3v) is 8.17. The fourth-order valence-corrected chi connectivity index (χ4v) is 5.77. The summed E-state index contributed by atoms with van der Waals surface area (Å²) >= 11 is 6.19. The summed E-state index contributed by atoms with van der Waals surface area (Å²) in [6.45, 7) is 1.19. The van der Waals surface area contributed by atoms with Crippen LogP contribution in [0.15, 0.2) is 51.9 Å². The molecule has 0 atom stereocenters. The summed E-state index contributed by atoms with van der Waals surface area (Å²) in [5.41, 5.74) is 1.31. The maximum absolute atomic E-state index is 12.9. The second kappa shape index (κ2) is 10.8. The number of carbonyl (C=O) groups is 1. The van der Waals surface area contributed by atoms with Crippen molar-refractivity contribution in [2.24, 2.45) is 0 Å². The third-order valence-electron chi connectivity index (χ3n) is 5.94. The standard InChI is InChI=1S/C24H27ClN4O5S/c1-28(16-22-26-24(27-34-22)19-7-3-4-8-20(19)25)23(30)12-9-17-15-18(10-11-21(17)33-2)35(31,32)29-13-5-6-14-29/h3-4,7-8,10-11,15H,5-6,9,12-14,16H2,1-2H3. The molecule has 1 aromatic heterocycles. The Labute approximate surface area is 209 Å². The molecule has 0 unspecified atom stereocenters. The first-order valence-electron chi connectivity index (χ1n) is 11.3. The summed E-state index contributed by atoms with van der Waals surface area (Å²) in [6, 6.07) is 12.0. The molecule has 1 amide bonds. The molecule has 0 radical (unpaired) electrons. The Morgan fingerprint density at radius 3 is 2.66 bits per heavy atom. The van der Waals surface area contributed by atoms with E-state index >= 15 is 0 Å². The number of aryl methyl sites for hydroxylation is 1. The minimum atomic E-state index is -3.56. The summed E-state index contributed by atoms with van der Waals surface area (Å²) < 4.78 is 38.1. The van der Waals surface area contributed by atoms with Gasteiger partial charge in [-0.3, -0.25) is 4.79 Å². The molecule has 9 nitrogen and oxygen atoms in total. The van der Waals surface area contributed by atoms with Gasteiger partial charge in [-0.1, -0.05) is 28.9 Å². The highest BCUT2D eigenvalue weighted by molar-refractivity contribution is 7.89. The monoisotopic (exact) mass is 518 g/mol. The Kier molecular flexibility index (Phi) is 7.73. The van der Waals surface area contributed by atoms with Gasteiger partial charge in [-0.2, -0.15) is 9.29 Å². The van der Waals surface area contributed by atoms with Crippen molar-refractivity contribution >= 4 is 27.5 Å². The molecule has 1 fully saturated rings. The molecule has 11 heteroatoms. The zero-order valence-electron chi connectivity index (χ0n) is 19.6. The van der Waals surface area contributed by atoms with Crippen LogP contribution >= 0.6 is 11.6 Å². The molecular weight excluding hydrogens is 492 g/mol. The van der Waals surface area contributed by atoms with Crippen LogP contribution in [0.3, 0.4) is 0 Å². The predicted octanol–water partition coefficient (Wildman–Crippen LogP) is 3.77. The summed E-state index contributed by atoms with van der Waals surface area (Å²) in [7, 11) is -0.393. The van der Waals surface area contributed by atoms with Crippen molar-refractivity contribution in [1.82, 2.24) is 19.3 Å². The molecule has 4 rings (SSSR count). The van der Waals surface area contributed by atoms with Gasteiger partial charge in [0.2, 0.25) is 27.6 Å². The highest BCUT2D eigenvalue weighted by Crippen LogP contribution is 2.28.